The minimum Gasteiger partial charge on any atom is -0.491 e. The molecule has 3 N–H and O–H groups in total. The van der Waals surface area contributed by atoms with Gasteiger partial charge in [-0.25, -0.2) is 14.1 Å². The molecule has 0 aromatic heterocycles. The molecular weight excluding hydrogens is 532 g/mol. The number of aliphatic hydroxyl groups excluding tert-OH is 1. The number of amides is 4. The smallest absolute Gasteiger partial charge is 0.325 e. The van der Waals surface area contributed by atoms with Crippen LogP contribution in [-0.4, -0.2) is 47.1 Å². The number of carbonyl (C=O) groups is 3. The molecule has 0 saturated carbocycles. The maximum Gasteiger partial charge on any atom is 0.325 e. The molecule has 0 bridgehead atoms. The lowest BCUT2D eigenvalue weighted by molar-refractivity contribution is -0.135. The Hall–Kier alpha value is -2.73. The first-order valence-corrected chi connectivity index (χ1v) is 11.0. The minimum atomic E-state index is -1.13. The first-order valence-electron chi connectivity index (χ1n) is 9.96. The number of hydrogen-bond donors (Lipinski definition) is 3. The Balaban J connectivity index is 1.80. The van der Waals surface area contributed by atoms with Crippen LogP contribution < -0.4 is 15.4 Å². The van der Waals surface area contributed by atoms with E-state index in [9.17, 15) is 18.8 Å². The number of urea groups is 1. The van der Waals surface area contributed by atoms with E-state index in [2.05, 4.69) is 10.6 Å². The molecule has 0 radical (unpaired) electrons. The van der Waals surface area contributed by atoms with Crippen molar-refractivity contribution in [2.45, 2.75) is 25.9 Å². The van der Waals surface area contributed by atoms with E-state index in [4.69, 9.17) is 9.84 Å². The first-order chi connectivity index (χ1) is 15.2. The summed E-state index contributed by atoms with van der Waals surface area (Å²) in [6.07, 6.45) is 0. The van der Waals surface area contributed by atoms with Gasteiger partial charge in [-0.05, 0) is 64.4 Å². The highest BCUT2D eigenvalue weighted by Crippen LogP contribution is 2.28. The number of anilines is 1. The molecular formula is C22H23FIN3O5. The molecule has 10 heteroatoms. The summed E-state index contributed by atoms with van der Waals surface area (Å²) in [5.74, 6) is -1.74. The summed E-state index contributed by atoms with van der Waals surface area (Å²) < 4.78 is 20.2. The van der Waals surface area contributed by atoms with Crippen LogP contribution in [-0.2, 0) is 9.59 Å². The average Bonchev–Trinajstić information content (AvgIpc) is 3.03. The Bertz CT molecular complexity index is 1020. The molecule has 2 aromatic carbocycles. The summed E-state index contributed by atoms with van der Waals surface area (Å²) in [6, 6.07) is 8.07. The fourth-order valence-corrected chi connectivity index (χ4v) is 3.87. The van der Waals surface area contributed by atoms with Crippen LogP contribution >= 0.6 is 22.6 Å². The third-order valence-corrected chi connectivity index (χ3v) is 5.58. The van der Waals surface area contributed by atoms with Gasteiger partial charge in [0.25, 0.3) is 5.91 Å². The summed E-state index contributed by atoms with van der Waals surface area (Å²) in [6.45, 7) is 3.42. The maximum atomic E-state index is 14.2. The highest BCUT2D eigenvalue weighted by atomic mass is 127. The molecule has 170 valence electrons. The average molecular weight is 555 g/mol. The standard InChI is InChI=1S/C22H23FIN3O5/c1-12(2)19(20(29)25-17-8-5-14(24)11-16(17)23)27-21(30)18(26-22(27)31)13-3-6-15(7-4-13)32-10-9-28/h3-8,11-12,18-19,28H,9-10H2,1-2H3,(H,25,29)(H,26,31)/t18-,19+/m1/s1. The molecule has 4 amide bonds. The third-order valence-electron chi connectivity index (χ3n) is 4.91. The van der Waals surface area contributed by atoms with Crippen LogP contribution in [0.3, 0.4) is 0 Å². The summed E-state index contributed by atoms with van der Waals surface area (Å²) >= 11 is 1.95. The zero-order chi connectivity index (χ0) is 23.4. The molecule has 2 atom stereocenters. The van der Waals surface area contributed by atoms with Gasteiger partial charge in [0.2, 0.25) is 5.91 Å². The van der Waals surface area contributed by atoms with Crippen molar-refractivity contribution < 1.29 is 28.6 Å². The number of halogens is 2. The van der Waals surface area contributed by atoms with Gasteiger partial charge in [0.05, 0.1) is 12.3 Å². The number of nitrogens with zero attached hydrogens (tertiary/aromatic N) is 1. The van der Waals surface area contributed by atoms with E-state index in [1.165, 1.54) is 12.1 Å². The largest absolute Gasteiger partial charge is 0.491 e. The summed E-state index contributed by atoms with van der Waals surface area (Å²) in [5.41, 5.74) is 0.497. The first kappa shape index (κ1) is 23.9. The lowest BCUT2D eigenvalue weighted by Gasteiger charge is -2.27. The zero-order valence-corrected chi connectivity index (χ0v) is 19.6. The highest BCUT2D eigenvalue weighted by molar-refractivity contribution is 14.1. The fourth-order valence-electron chi connectivity index (χ4n) is 3.42. The second-order valence-corrected chi connectivity index (χ2v) is 8.78. The predicted molar refractivity (Wildman–Crippen MR) is 124 cm³/mol. The molecule has 0 spiro atoms. The second kappa shape index (κ2) is 10.3. The SMILES string of the molecule is CC(C)[C@@H](C(=O)Nc1ccc(I)cc1F)N1C(=O)N[C@H](c2ccc(OCCO)cc2)C1=O. The van der Waals surface area contributed by atoms with Crippen LogP contribution in [0.25, 0.3) is 0 Å². The van der Waals surface area contributed by atoms with E-state index in [1.54, 1.807) is 44.2 Å². The van der Waals surface area contributed by atoms with E-state index in [-0.39, 0.29) is 18.9 Å². The van der Waals surface area contributed by atoms with Crippen LogP contribution in [0.15, 0.2) is 42.5 Å². The third kappa shape index (κ3) is 5.18. The van der Waals surface area contributed by atoms with Gasteiger partial charge in [0.15, 0.2) is 0 Å². The molecule has 1 aliphatic heterocycles. The van der Waals surface area contributed by atoms with Crippen molar-refractivity contribution in [3.05, 3.63) is 57.4 Å². The van der Waals surface area contributed by atoms with E-state index < -0.39 is 41.7 Å². The minimum absolute atomic E-state index is 0.0249. The Morgan fingerprint density at radius 2 is 1.94 bits per heavy atom. The van der Waals surface area contributed by atoms with Gasteiger partial charge in [-0.3, -0.25) is 9.59 Å². The predicted octanol–water partition coefficient (Wildman–Crippen LogP) is 3.06. The lowest BCUT2D eigenvalue weighted by Crippen LogP contribution is -2.50. The zero-order valence-electron chi connectivity index (χ0n) is 17.5. The van der Waals surface area contributed by atoms with Crippen LogP contribution in [0, 0.1) is 15.3 Å². The maximum absolute atomic E-state index is 14.2. The fraction of sp³-hybridized carbons (Fsp3) is 0.318. The van der Waals surface area contributed by atoms with E-state index >= 15 is 0 Å². The Morgan fingerprint density at radius 3 is 2.53 bits per heavy atom. The second-order valence-electron chi connectivity index (χ2n) is 7.53. The molecule has 0 unspecified atom stereocenters. The molecule has 2 aromatic rings. The molecule has 3 rings (SSSR count). The van der Waals surface area contributed by atoms with Crippen LogP contribution in [0.5, 0.6) is 5.75 Å². The van der Waals surface area contributed by atoms with Gasteiger partial charge in [-0.1, -0.05) is 26.0 Å². The molecule has 1 fully saturated rings. The van der Waals surface area contributed by atoms with Gasteiger partial charge >= 0.3 is 6.03 Å². The van der Waals surface area contributed by atoms with Gasteiger partial charge in [-0.15, -0.1) is 0 Å². The molecule has 1 saturated heterocycles. The van der Waals surface area contributed by atoms with Gasteiger partial charge in [0, 0.05) is 3.57 Å². The number of benzene rings is 2. The van der Waals surface area contributed by atoms with Crippen LogP contribution in [0.4, 0.5) is 14.9 Å². The van der Waals surface area contributed by atoms with Crippen LogP contribution in [0.2, 0.25) is 0 Å². The van der Waals surface area contributed by atoms with Gasteiger partial charge in [-0.2, -0.15) is 0 Å². The van der Waals surface area contributed by atoms with Gasteiger partial charge < -0.3 is 20.5 Å². The number of carbonyl (C=O) groups excluding carboxylic acids is 3. The summed E-state index contributed by atoms with van der Waals surface area (Å²) in [4.78, 5) is 39.6. The molecule has 1 aliphatic rings. The number of rotatable bonds is 8. The van der Waals surface area contributed by atoms with Crippen LogP contribution in [0.1, 0.15) is 25.5 Å². The number of nitrogens with one attached hydrogen (secondary N) is 2. The van der Waals surface area contributed by atoms with Gasteiger partial charge in [0.1, 0.15) is 30.3 Å². The number of ether oxygens (including phenoxy) is 1. The van der Waals surface area contributed by atoms with Crippen molar-refractivity contribution in [2.75, 3.05) is 18.5 Å². The Kier molecular flexibility index (Phi) is 7.67. The normalized spacial score (nSPS) is 16.8. The van der Waals surface area contributed by atoms with Crippen molar-refractivity contribution in [1.82, 2.24) is 10.2 Å². The summed E-state index contributed by atoms with van der Waals surface area (Å²) in [7, 11) is 0. The molecule has 32 heavy (non-hydrogen) atoms. The van der Waals surface area contributed by atoms with Crippen molar-refractivity contribution in [1.29, 1.82) is 0 Å². The van der Waals surface area contributed by atoms with Crippen molar-refractivity contribution >= 4 is 46.1 Å². The molecule has 0 aliphatic carbocycles. The molecule has 1 heterocycles. The van der Waals surface area contributed by atoms with E-state index in [0.717, 1.165) is 4.90 Å². The number of hydrogen-bond acceptors (Lipinski definition) is 5. The van der Waals surface area contributed by atoms with Crippen molar-refractivity contribution in [3.63, 3.8) is 0 Å². The van der Waals surface area contributed by atoms with Crippen molar-refractivity contribution in [3.8, 4) is 5.75 Å². The molecule has 8 nitrogen and oxygen atoms in total. The summed E-state index contributed by atoms with van der Waals surface area (Å²) in [5, 5.41) is 13.9. The van der Waals surface area contributed by atoms with E-state index in [1.807, 2.05) is 22.6 Å². The topological polar surface area (TPSA) is 108 Å². The highest BCUT2D eigenvalue weighted by Gasteiger charge is 2.46. The number of imide groups is 1. The monoisotopic (exact) mass is 555 g/mol. The van der Waals surface area contributed by atoms with Crippen molar-refractivity contribution in [2.24, 2.45) is 5.92 Å². The lowest BCUT2D eigenvalue weighted by atomic mass is 10.0. The Morgan fingerprint density at radius 1 is 1.25 bits per heavy atom. The van der Waals surface area contributed by atoms with E-state index in [0.29, 0.717) is 14.9 Å². The Labute approximate surface area is 198 Å². The quantitative estimate of drug-likeness (QED) is 0.343. The number of aliphatic hydroxyl groups is 1.